The first-order valence-corrected chi connectivity index (χ1v) is 8.08. The van der Waals surface area contributed by atoms with E-state index in [0.29, 0.717) is 10.6 Å². The predicted octanol–water partition coefficient (Wildman–Crippen LogP) is 4.74. The second-order valence-corrected chi connectivity index (χ2v) is 6.34. The Labute approximate surface area is 130 Å². The van der Waals surface area contributed by atoms with Crippen LogP contribution >= 0.6 is 43.5 Å². The minimum absolute atomic E-state index is 0.0142. The highest BCUT2D eigenvalue weighted by Crippen LogP contribution is 2.23. The van der Waals surface area contributed by atoms with Gasteiger partial charge in [-0.25, -0.2) is 0 Å². The van der Waals surface area contributed by atoms with Gasteiger partial charge in [0.1, 0.15) is 0 Å². The average molecular weight is 398 g/mol. The number of hydrogen-bond acceptors (Lipinski definition) is 1. The maximum Gasteiger partial charge on any atom is 0.255 e. The second kappa shape index (κ2) is 7.51. The zero-order valence-electron chi connectivity index (χ0n) is 10.4. The summed E-state index contributed by atoms with van der Waals surface area (Å²) >= 11 is 12.7. The van der Waals surface area contributed by atoms with Gasteiger partial charge in [-0.15, -0.1) is 0 Å². The Morgan fingerprint density at radius 1 is 1.44 bits per heavy atom. The summed E-state index contributed by atoms with van der Waals surface area (Å²) in [5.74, 6) is 0.0142. The van der Waals surface area contributed by atoms with Crippen molar-refractivity contribution in [1.82, 2.24) is 4.90 Å². The Morgan fingerprint density at radius 2 is 2.11 bits per heavy atom. The molecule has 2 nitrogen and oxygen atoms in total. The molecule has 0 aromatic heterocycles. The zero-order valence-corrected chi connectivity index (χ0v) is 14.3. The fourth-order valence-corrected chi connectivity index (χ4v) is 2.48. The van der Waals surface area contributed by atoms with Crippen molar-refractivity contribution < 1.29 is 4.79 Å². The lowest BCUT2D eigenvalue weighted by Crippen LogP contribution is -2.38. The van der Waals surface area contributed by atoms with Gasteiger partial charge in [0.25, 0.3) is 5.91 Å². The fourth-order valence-electron chi connectivity index (χ4n) is 1.64. The highest BCUT2D eigenvalue weighted by atomic mass is 79.9. The molecular formula is C13H16Br2ClNO. The van der Waals surface area contributed by atoms with Crippen LogP contribution in [0.1, 0.15) is 30.6 Å². The summed E-state index contributed by atoms with van der Waals surface area (Å²) in [6.07, 6.45) is 0.933. The molecule has 0 spiro atoms. The predicted molar refractivity (Wildman–Crippen MR) is 83.7 cm³/mol. The first-order valence-electron chi connectivity index (χ1n) is 5.79. The van der Waals surface area contributed by atoms with Crippen LogP contribution in [0.25, 0.3) is 0 Å². The third kappa shape index (κ3) is 4.25. The number of carbonyl (C=O) groups excluding carboxylic acids is 1. The van der Waals surface area contributed by atoms with Gasteiger partial charge < -0.3 is 4.90 Å². The van der Waals surface area contributed by atoms with E-state index >= 15 is 0 Å². The molecule has 0 fully saturated rings. The van der Waals surface area contributed by atoms with Crippen molar-refractivity contribution >= 4 is 49.4 Å². The summed E-state index contributed by atoms with van der Waals surface area (Å²) in [6, 6.07) is 5.44. The molecule has 0 aliphatic heterocycles. The normalized spacial score (nSPS) is 10.8. The van der Waals surface area contributed by atoms with Gasteiger partial charge in [-0.1, -0.05) is 27.5 Å². The third-order valence-electron chi connectivity index (χ3n) is 2.58. The quantitative estimate of drug-likeness (QED) is 0.658. The van der Waals surface area contributed by atoms with Crippen molar-refractivity contribution in [3.05, 3.63) is 33.3 Å². The average Bonchev–Trinajstić information content (AvgIpc) is 2.32. The molecule has 0 atom stereocenters. The van der Waals surface area contributed by atoms with Crippen LogP contribution in [0.15, 0.2) is 22.7 Å². The highest BCUT2D eigenvalue weighted by Gasteiger charge is 2.20. The Kier molecular flexibility index (Phi) is 6.67. The molecule has 1 rings (SSSR count). The van der Waals surface area contributed by atoms with Crippen LogP contribution < -0.4 is 0 Å². The smallest absolute Gasteiger partial charge is 0.255 e. The van der Waals surface area contributed by atoms with E-state index in [1.165, 1.54) is 0 Å². The van der Waals surface area contributed by atoms with Crippen LogP contribution in [0.3, 0.4) is 0 Å². The molecule has 0 radical (unpaired) electrons. The Bertz CT molecular complexity index is 423. The molecule has 0 aliphatic carbocycles. The molecule has 0 saturated carbocycles. The molecule has 1 aromatic carbocycles. The lowest BCUT2D eigenvalue weighted by Gasteiger charge is -2.27. The van der Waals surface area contributed by atoms with Gasteiger partial charge in [0.2, 0.25) is 0 Å². The molecule has 1 aromatic rings. The fraction of sp³-hybridized carbons (Fsp3) is 0.462. The van der Waals surface area contributed by atoms with E-state index in [-0.39, 0.29) is 11.9 Å². The maximum atomic E-state index is 12.5. The van der Waals surface area contributed by atoms with E-state index in [0.717, 1.165) is 22.8 Å². The van der Waals surface area contributed by atoms with Gasteiger partial charge in [0.15, 0.2) is 0 Å². The van der Waals surface area contributed by atoms with Crippen molar-refractivity contribution in [3.8, 4) is 0 Å². The van der Waals surface area contributed by atoms with E-state index in [4.69, 9.17) is 11.6 Å². The molecule has 1 amide bonds. The molecule has 0 aliphatic rings. The Balaban J connectivity index is 2.98. The zero-order chi connectivity index (χ0) is 13.7. The molecule has 0 unspecified atom stereocenters. The van der Waals surface area contributed by atoms with E-state index in [1.807, 2.05) is 18.7 Å². The van der Waals surface area contributed by atoms with Gasteiger partial charge in [-0.2, -0.15) is 0 Å². The van der Waals surface area contributed by atoms with E-state index < -0.39 is 0 Å². The van der Waals surface area contributed by atoms with Crippen LogP contribution in [0, 0.1) is 0 Å². The number of amides is 1. The molecule has 5 heteroatoms. The summed E-state index contributed by atoms with van der Waals surface area (Å²) < 4.78 is 0.779. The maximum absolute atomic E-state index is 12.5. The number of rotatable bonds is 5. The van der Waals surface area contributed by atoms with Gasteiger partial charge in [-0.3, -0.25) is 4.79 Å². The van der Waals surface area contributed by atoms with Crippen LogP contribution in [-0.4, -0.2) is 28.7 Å². The molecule has 0 bridgehead atoms. The number of alkyl halides is 1. The standard InChI is InChI=1S/C13H16Br2ClNO/c1-9(2)17(7-3-6-14)13(18)11-8-10(16)4-5-12(11)15/h4-5,8-9H,3,6-7H2,1-2H3. The first-order chi connectivity index (χ1) is 8.47. The van der Waals surface area contributed by atoms with E-state index in [1.54, 1.807) is 18.2 Å². The molecular weight excluding hydrogens is 381 g/mol. The van der Waals surface area contributed by atoms with Gasteiger partial charge in [0, 0.05) is 27.4 Å². The summed E-state index contributed by atoms with van der Waals surface area (Å²) in [6.45, 7) is 4.77. The van der Waals surface area contributed by atoms with Crippen molar-refractivity contribution in [2.75, 3.05) is 11.9 Å². The number of hydrogen-bond donors (Lipinski definition) is 0. The van der Waals surface area contributed by atoms with Crippen molar-refractivity contribution in [2.45, 2.75) is 26.3 Å². The van der Waals surface area contributed by atoms with E-state index in [2.05, 4.69) is 31.9 Å². The summed E-state index contributed by atoms with van der Waals surface area (Å²) in [7, 11) is 0. The van der Waals surface area contributed by atoms with Gasteiger partial charge >= 0.3 is 0 Å². The van der Waals surface area contributed by atoms with Crippen LogP contribution in [0.2, 0.25) is 5.02 Å². The minimum Gasteiger partial charge on any atom is -0.336 e. The topological polar surface area (TPSA) is 20.3 Å². The van der Waals surface area contributed by atoms with Crippen LogP contribution in [0.5, 0.6) is 0 Å². The number of nitrogens with zero attached hydrogens (tertiary/aromatic N) is 1. The molecule has 0 saturated heterocycles. The largest absolute Gasteiger partial charge is 0.336 e. The number of halogens is 3. The summed E-state index contributed by atoms with van der Waals surface area (Å²) in [4.78, 5) is 14.3. The number of carbonyl (C=O) groups is 1. The molecule has 100 valence electrons. The second-order valence-electron chi connectivity index (χ2n) is 4.26. The summed E-state index contributed by atoms with van der Waals surface area (Å²) in [5.41, 5.74) is 0.616. The van der Waals surface area contributed by atoms with Gasteiger partial charge in [-0.05, 0) is 54.4 Å². The van der Waals surface area contributed by atoms with Crippen molar-refractivity contribution in [2.24, 2.45) is 0 Å². The van der Waals surface area contributed by atoms with Gasteiger partial charge in [0.05, 0.1) is 5.56 Å². The molecule has 0 heterocycles. The Morgan fingerprint density at radius 3 is 2.67 bits per heavy atom. The Hall–Kier alpha value is -0.0600. The summed E-state index contributed by atoms with van der Waals surface area (Å²) in [5, 5.41) is 1.46. The monoisotopic (exact) mass is 395 g/mol. The highest BCUT2D eigenvalue weighted by molar-refractivity contribution is 9.10. The first kappa shape index (κ1) is 16.0. The van der Waals surface area contributed by atoms with Crippen LogP contribution in [0.4, 0.5) is 0 Å². The lowest BCUT2D eigenvalue weighted by molar-refractivity contribution is 0.0706. The lowest BCUT2D eigenvalue weighted by atomic mass is 10.1. The molecule has 18 heavy (non-hydrogen) atoms. The van der Waals surface area contributed by atoms with Crippen molar-refractivity contribution in [1.29, 1.82) is 0 Å². The third-order valence-corrected chi connectivity index (χ3v) is 4.06. The van der Waals surface area contributed by atoms with Crippen molar-refractivity contribution in [3.63, 3.8) is 0 Å². The van der Waals surface area contributed by atoms with Crippen LogP contribution in [-0.2, 0) is 0 Å². The number of benzene rings is 1. The van der Waals surface area contributed by atoms with E-state index in [9.17, 15) is 4.79 Å². The minimum atomic E-state index is 0.0142. The molecule has 0 N–H and O–H groups in total. The SMILES string of the molecule is CC(C)N(CCCBr)C(=O)c1cc(Cl)ccc1Br.